The van der Waals surface area contributed by atoms with Gasteiger partial charge in [0.15, 0.2) is 0 Å². The van der Waals surface area contributed by atoms with Gasteiger partial charge < -0.3 is 20.5 Å². The van der Waals surface area contributed by atoms with Gasteiger partial charge in [-0.25, -0.2) is 4.39 Å². The molecule has 2 amide bonds. The summed E-state index contributed by atoms with van der Waals surface area (Å²) in [7, 11) is 1.31. The molecule has 0 spiro atoms. The molecule has 1 aromatic carbocycles. The topological polar surface area (TPSA) is 87.7 Å². The van der Waals surface area contributed by atoms with Gasteiger partial charge in [-0.1, -0.05) is 32.9 Å². The highest BCUT2D eigenvalue weighted by atomic mass is 19.4. The Morgan fingerprint density at radius 1 is 1.09 bits per heavy atom. The molecule has 33 heavy (non-hydrogen) atoms. The van der Waals surface area contributed by atoms with Gasteiger partial charge in [-0.15, -0.1) is 0 Å². The first-order valence-corrected chi connectivity index (χ1v) is 10.2. The zero-order chi connectivity index (χ0) is 25.2. The van der Waals surface area contributed by atoms with Crippen molar-refractivity contribution in [2.75, 3.05) is 17.7 Å². The summed E-state index contributed by atoms with van der Waals surface area (Å²) in [6.07, 6.45) is -5.31. The van der Waals surface area contributed by atoms with Crippen LogP contribution in [0.3, 0.4) is 0 Å². The van der Waals surface area contributed by atoms with Gasteiger partial charge in [0.2, 0.25) is 11.5 Å². The number of ether oxygens (including phenoxy) is 1. The van der Waals surface area contributed by atoms with Crippen LogP contribution in [-0.2, 0) is 14.3 Å². The van der Waals surface area contributed by atoms with Gasteiger partial charge in [-0.2, -0.15) is 13.2 Å². The van der Waals surface area contributed by atoms with Crippen molar-refractivity contribution in [3.63, 3.8) is 0 Å². The quantitative estimate of drug-likeness (QED) is 0.501. The largest absolute Gasteiger partial charge is 0.497 e. The minimum atomic E-state index is -5.36. The second kappa shape index (κ2) is 9.54. The Labute approximate surface area is 189 Å². The zero-order valence-electron chi connectivity index (χ0n) is 19.0. The van der Waals surface area contributed by atoms with E-state index in [-0.39, 0.29) is 22.7 Å². The maximum absolute atomic E-state index is 14.4. The van der Waals surface area contributed by atoms with E-state index in [4.69, 9.17) is 4.74 Å². The third-order valence-corrected chi connectivity index (χ3v) is 5.49. The van der Waals surface area contributed by atoms with Crippen molar-refractivity contribution in [1.82, 2.24) is 0 Å². The van der Waals surface area contributed by atoms with Crippen LogP contribution in [0.2, 0.25) is 0 Å². The Hall–Kier alpha value is -2.88. The van der Waals surface area contributed by atoms with E-state index >= 15 is 0 Å². The number of anilines is 2. The Balaban J connectivity index is 2.43. The number of hydrogen-bond donors (Lipinski definition) is 3. The predicted octanol–water partition coefficient (Wildman–Crippen LogP) is 4.74. The highest BCUT2D eigenvalue weighted by molar-refractivity contribution is 6.02. The van der Waals surface area contributed by atoms with Crippen molar-refractivity contribution < 1.29 is 37.0 Å². The minimum Gasteiger partial charge on any atom is -0.497 e. The Bertz CT molecular complexity index is 971. The van der Waals surface area contributed by atoms with Gasteiger partial charge in [0.1, 0.15) is 11.9 Å². The average molecular weight is 472 g/mol. The lowest BCUT2D eigenvalue weighted by molar-refractivity contribution is -0.256. The summed E-state index contributed by atoms with van der Waals surface area (Å²) in [4.78, 5) is 24.2. The molecule has 0 fully saturated rings. The van der Waals surface area contributed by atoms with E-state index in [1.807, 2.05) is 0 Å². The second-order valence-electron chi connectivity index (χ2n) is 8.72. The van der Waals surface area contributed by atoms with Crippen LogP contribution in [0, 0.1) is 11.3 Å². The summed E-state index contributed by atoms with van der Waals surface area (Å²) in [5, 5.41) is 15.2. The number of allylic oxidation sites excluding steroid dienone is 3. The molecule has 6 nitrogen and oxygen atoms in total. The molecule has 3 unspecified atom stereocenters. The standard InChI is InChI=1S/C23H28F4N2O4/c1-13-10-19(33-5)15(11-16(13)24)21(3,4)12-22(32,23(25,26)27)20(31)29-18-9-7-6-8-17(18)28-14(2)30/h6-11,13,16,32H,12H2,1-5H3,(H,28,30)(H,29,31). The van der Waals surface area contributed by atoms with Gasteiger partial charge in [0, 0.05) is 19.3 Å². The number of aliphatic hydroxyl groups is 1. The van der Waals surface area contributed by atoms with E-state index in [1.165, 1.54) is 58.2 Å². The summed E-state index contributed by atoms with van der Waals surface area (Å²) in [6.45, 7) is 5.52. The third kappa shape index (κ3) is 5.73. The maximum atomic E-state index is 14.4. The van der Waals surface area contributed by atoms with E-state index in [9.17, 15) is 32.3 Å². The monoisotopic (exact) mass is 472 g/mol. The molecule has 0 heterocycles. The van der Waals surface area contributed by atoms with Crippen molar-refractivity contribution >= 4 is 23.2 Å². The molecule has 10 heteroatoms. The van der Waals surface area contributed by atoms with Crippen LogP contribution in [-0.4, -0.2) is 42.0 Å². The first-order chi connectivity index (χ1) is 15.1. The predicted molar refractivity (Wildman–Crippen MR) is 116 cm³/mol. The van der Waals surface area contributed by atoms with Crippen molar-refractivity contribution in [2.24, 2.45) is 11.3 Å². The third-order valence-electron chi connectivity index (χ3n) is 5.49. The van der Waals surface area contributed by atoms with Crippen LogP contribution in [0.25, 0.3) is 0 Å². The second-order valence-corrected chi connectivity index (χ2v) is 8.72. The lowest BCUT2D eigenvalue weighted by Gasteiger charge is -2.39. The fraction of sp³-hybridized carbons (Fsp3) is 0.478. The molecular weight excluding hydrogens is 444 g/mol. The van der Waals surface area contributed by atoms with E-state index in [1.54, 1.807) is 6.92 Å². The number of hydrogen-bond acceptors (Lipinski definition) is 4. The van der Waals surface area contributed by atoms with Crippen LogP contribution < -0.4 is 10.6 Å². The van der Waals surface area contributed by atoms with Gasteiger partial charge >= 0.3 is 6.18 Å². The molecule has 1 aromatic rings. The van der Waals surface area contributed by atoms with E-state index in [0.29, 0.717) is 0 Å². The fourth-order valence-electron chi connectivity index (χ4n) is 3.71. The minimum absolute atomic E-state index is 0.0657. The van der Waals surface area contributed by atoms with Crippen molar-refractivity contribution in [2.45, 2.75) is 52.1 Å². The Morgan fingerprint density at radius 3 is 2.12 bits per heavy atom. The number of nitrogens with one attached hydrogen (secondary N) is 2. The Morgan fingerprint density at radius 2 is 1.64 bits per heavy atom. The fourth-order valence-corrected chi connectivity index (χ4v) is 3.71. The highest BCUT2D eigenvalue weighted by Crippen LogP contribution is 2.47. The van der Waals surface area contributed by atoms with Crippen LogP contribution in [0.4, 0.5) is 28.9 Å². The number of amides is 2. The first kappa shape index (κ1) is 26.4. The van der Waals surface area contributed by atoms with E-state index in [2.05, 4.69) is 10.6 Å². The van der Waals surface area contributed by atoms with Crippen molar-refractivity contribution in [3.05, 3.63) is 47.7 Å². The number of methoxy groups -OCH3 is 1. The van der Waals surface area contributed by atoms with E-state index in [0.717, 1.165) is 6.08 Å². The van der Waals surface area contributed by atoms with Crippen molar-refractivity contribution in [1.29, 1.82) is 0 Å². The van der Waals surface area contributed by atoms with Gasteiger partial charge in [-0.3, -0.25) is 9.59 Å². The number of alkyl halides is 4. The van der Waals surface area contributed by atoms with E-state index < -0.39 is 47.5 Å². The average Bonchev–Trinajstić information content (AvgIpc) is 2.69. The molecule has 1 aliphatic carbocycles. The lowest BCUT2D eigenvalue weighted by atomic mass is 9.71. The molecule has 0 saturated carbocycles. The summed E-state index contributed by atoms with van der Waals surface area (Å²) in [5.74, 6) is -2.59. The molecule has 0 bridgehead atoms. The first-order valence-electron chi connectivity index (χ1n) is 10.2. The number of carbonyl (C=O) groups is 2. The van der Waals surface area contributed by atoms with Gasteiger partial charge in [0.05, 0.1) is 18.5 Å². The number of para-hydroxylation sites is 2. The molecule has 0 aliphatic heterocycles. The lowest BCUT2D eigenvalue weighted by Crippen LogP contribution is -2.57. The summed E-state index contributed by atoms with van der Waals surface area (Å²) in [6, 6.07) is 5.64. The van der Waals surface area contributed by atoms with Gasteiger partial charge in [-0.05, 0) is 35.3 Å². The summed E-state index contributed by atoms with van der Waals surface area (Å²) in [5.41, 5.74) is -5.27. The van der Waals surface area contributed by atoms with Gasteiger partial charge in [0.25, 0.3) is 5.91 Å². The molecular formula is C23H28F4N2O4. The normalized spacial score (nSPS) is 20.8. The molecule has 0 saturated heterocycles. The molecule has 3 atom stereocenters. The van der Waals surface area contributed by atoms with Crippen LogP contribution in [0.5, 0.6) is 0 Å². The summed E-state index contributed by atoms with van der Waals surface area (Å²) < 4.78 is 61.8. The van der Waals surface area contributed by atoms with Crippen LogP contribution in [0.1, 0.15) is 34.1 Å². The number of benzene rings is 1. The number of halogens is 4. The van der Waals surface area contributed by atoms with Crippen LogP contribution in [0.15, 0.2) is 47.7 Å². The smallest absolute Gasteiger partial charge is 0.426 e. The number of carbonyl (C=O) groups excluding carboxylic acids is 2. The maximum Gasteiger partial charge on any atom is 0.426 e. The molecule has 1 aliphatic rings. The summed E-state index contributed by atoms with van der Waals surface area (Å²) >= 11 is 0. The molecule has 182 valence electrons. The molecule has 3 N–H and O–H groups in total. The molecule has 0 aromatic heterocycles. The SMILES string of the molecule is COC1=CC(C)C(F)C=C1C(C)(C)CC(O)(C(=O)Nc1ccccc1NC(C)=O)C(F)(F)F. The van der Waals surface area contributed by atoms with Crippen molar-refractivity contribution in [3.8, 4) is 0 Å². The van der Waals surface area contributed by atoms with Crippen LogP contribution >= 0.6 is 0 Å². The molecule has 2 rings (SSSR count). The highest BCUT2D eigenvalue weighted by Gasteiger charge is 2.62. The zero-order valence-corrected chi connectivity index (χ0v) is 19.0. The molecule has 0 radical (unpaired) electrons. The Kier molecular flexibility index (Phi) is 7.63. The number of rotatable bonds is 7.